The predicted octanol–water partition coefficient (Wildman–Crippen LogP) is 3.01. The molecule has 0 atom stereocenters. The van der Waals surface area contributed by atoms with E-state index >= 15 is 0 Å². The molecule has 0 saturated carbocycles. The Hall–Kier alpha value is -1.95. The number of hydrogen-bond acceptors (Lipinski definition) is 5. The van der Waals surface area contributed by atoms with E-state index in [4.69, 9.17) is 11.6 Å². The van der Waals surface area contributed by atoms with Crippen LogP contribution in [0.25, 0.3) is 10.9 Å². The Bertz CT molecular complexity index is 615. The van der Waals surface area contributed by atoms with E-state index in [1.165, 1.54) is 18.5 Å². The summed E-state index contributed by atoms with van der Waals surface area (Å²) in [6, 6.07) is 3.03. The summed E-state index contributed by atoms with van der Waals surface area (Å²) >= 11 is 5.83. The second-order valence-electron chi connectivity index (χ2n) is 4.10. The molecule has 94 valence electrons. The number of nitro groups is 1. The number of benzene rings is 1. The Morgan fingerprint density at radius 2 is 2.11 bits per heavy atom. The third kappa shape index (κ3) is 2.33. The van der Waals surface area contributed by atoms with Crippen LogP contribution in [0.15, 0.2) is 18.5 Å². The summed E-state index contributed by atoms with van der Waals surface area (Å²) in [6.07, 6.45) is 1.40. The van der Waals surface area contributed by atoms with Crippen molar-refractivity contribution in [3.05, 3.63) is 33.6 Å². The molecule has 6 nitrogen and oxygen atoms in total. The molecule has 2 aromatic rings. The van der Waals surface area contributed by atoms with Gasteiger partial charge in [-0.15, -0.1) is 0 Å². The van der Waals surface area contributed by atoms with E-state index in [-0.39, 0.29) is 16.8 Å². The van der Waals surface area contributed by atoms with Crippen LogP contribution >= 0.6 is 11.6 Å². The van der Waals surface area contributed by atoms with Gasteiger partial charge in [0, 0.05) is 17.5 Å². The molecule has 1 N–H and O–H groups in total. The van der Waals surface area contributed by atoms with Crippen LogP contribution in [0.2, 0.25) is 5.02 Å². The van der Waals surface area contributed by atoms with Crippen molar-refractivity contribution in [1.29, 1.82) is 0 Å². The van der Waals surface area contributed by atoms with Gasteiger partial charge in [0.05, 0.1) is 10.4 Å². The number of rotatable bonds is 3. The maximum absolute atomic E-state index is 10.9. The summed E-state index contributed by atoms with van der Waals surface area (Å²) in [5.41, 5.74) is 0.425. The van der Waals surface area contributed by atoms with E-state index in [0.717, 1.165) is 0 Å². The minimum Gasteiger partial charge on any atom is -0.367 e. The number of hydrogen-bond donors (Lipinski definition) is 1. The van der Waals surface area contributed by atoms with E-state index in [2.05, 4.69) is 15.3 Å². The average Bonchev–Trinajstić information content (AvgIpc) is 2.27. The maximum atomic E-state index is 10.9. The molecule has 1 heterocycles. The number of anilines is 1. The first kappa shape index (κ1) is 12.5. The Morgan fingerprint density at radius 1 is 1.39 bits per heavy atom. The van der Waals surface area contributed by atoms with Gasteiger partial charge in [0.15, 0.2) is 0 Å². The summed E-state index contributed by atoms with van der Waals surface area (Å²) < 4.78 is 0. The summed E-state index contributed by atoms with van der Waals surface area (Å²) in [6.45, 7) is 3.91. The molecule has 0 aliphatic rings. The van der Waals surface area contributed by atoms with Crippen LogP contribution in [0.1, 0.15) is 13.8 Å². The Labute approximate surface area is 108 Å². The highest BCUT2D eigenvalue weighted by atomic mass is 35.5. The third-order valence-corrected chi connectivity index (χ3v) is 2.63. The second-order valence-corrected chi connectivity index (χ2v) is 4.51. The topological polar surface area (TPSA) is 81.0 Å². The highest BCUT2D eigenvalue weighted by Crippen LogP contribution is 2.31. The summed E-state index contributed by atoms with van der Waals surface area (Å²) in [4.78, 5) is 18.5. The molecule has 0 spiro atoms. The zero-order valence-corrected chi connectivity index (χ0v) is 10.6. The zero-order valence-electron chi connectivity index (χ0n) is 9.85. The van der Waals surface area contributed by atoms with Crippen molar-refractivity contribution >= 4 is 34.0 Å². The number of nitrogens with zero attached hydrogens (tertiary/aromatic N) is 3. The lowest BCUT2D eigenvalue weighted by Gasteiger charge is -2.11. The highest BCUT2D eigenvalue weighted by molar-refractivity contribution is 6.33. The van der Waals surface area contributed by atoms with Crippen LogP contribution in [-0.2, 0) is 0 Å². The van der Waals surface area contributed by atoms with Crippen molar-refractivity contribution in [2.24, 2.45) is 0 Å². The largest absolute Gasteiger partial charge is 0.367 e. The lowest BCUT2D eigenvalue weighted by atomic mass is 10.2. The van der Waals surface area contributed by atoms with E-state index in [1.807, 2.05) is 13.8 Å². The number of nitro benzene ring substituents is 1. The molecule has 0 radical (unpaired) electrons. The first-order valence-electron chi connectivity index (χ1n) is 5.34. The van der Waals surface area contributed by atoms with Crippen molar-refractivity contribution in [1.82, 2.24) is 9.97 Å². The Balaban J connectivity index is 2.67. The molecule has 0 fully saturated rings. The molecule has 0 aliphatic heterocycles. The SMILES string of the molecule is CC(C)Nc1ncnc2cc(Cl)c([N+](=O)[O-])cc12. The van der Waals surface area contributed by atoms with Crippen LogP contribution in [0.3, 0.4) is 0 Å². The van der Waals surface area contributed by atoms with E-state index in [0.29, 0.717) is 16.7 Å². The summed E-state index contributed by atoms with van der Waals surface area (Å²) in [5.74, 6) is 0.565. The van der Waals surface area contributed by atoms with Crippen molar-refractivity contribution in [3.63, 3.8) is 0 Å². The smallest absolute Gasteiger partial charge is 0.288 e. The van der Waals surface area contributed by atoms with Crippen molar-refractivity contribution < 1.29 is 4.92 Å². The Kier molecular flexibility index (Phi) is 3.29. The first-order chi connectivity index (χ1) is 8.49. The van der Waals surface area contributed by atoms with Crippen LogP contribution < -0.4 is 5.32 Å². The summed E-state index contributed by atoms with van der Waals surface area (Å²) in [5, 5.41) is 14.6. The van der Waals surface area contributed by atoms with Gasteiger partial charge in [0.2, 0.25) is 0 Å². The zero-order chi connectivity index (χ0) is 13.3. The van der Waals surface area contributed by atoms with Gasteiger partial charge in [0.1, 0.15) is 17.2 Å². The third-order valence-electron chi connectivity index (χ3n) is 2.33. The standard InChI is InChI=1S/C11H11ClN4O2/c1-6(2)15-11-7-3-10(16(17)18)8(12)4-9(7)13-5-14-11/h3-6H,1-2H3,(H,13,14,15). The molecule has 0 saturated heterocycles. The van der Waals surface area contributed by atoms with Gasteiger partial charge in [0.25, 0.3) is 5.69 Å². The van der Waals surface area contributed by atoms with Gasteiger partial charge in [-0.1, -0.05) is 11.6 Å². The minimum absolute atomic E-state index is 0.0710. The molecule has 0 amide bonds. The van der Waals surface area contributed by atoms with E-state index < -0.39 is 4.92 Å². The number of nitrogens with one attached hydrogen (secondary N) is 1. The van der Waals surface area contributed by atoms with Crippen molar-refractivity contribution in [2.45, 2.75) is 19.9 Å². The maximum Gasteiger partial charge on any atom is 0.288 e. The lowest BCUT2D eigenvalue weighted by molar-refractivity contribution is -0.384. The van der Waals surface area contributed by atoms with Gasteiger partial charge in [-0.05, 0) is 19.9 Å². The lowest BCUT2D eigenvalue weighted by Crippen LogP contribution is -2.11. The fraction of sp³-hybridized carbons (Fsp3) is 0.273. The van der Waals surface area contributed by atoms with Gasteiger partial charge in [-0.25, -0.2) is 9.97 Å². The van der Waals surface area contributed by atoms with Gasteiger partial charge in [-0.2, -0.15) is 0 Å². The molecule has 2 rings (SSSR count). The molecule has 7 heteroatoms. The monoisotopic (exact) mass is 266 g/mol. The molecule has 0 unspecified atom stereocenters. The Morgan fingerprint density at radius 3 is 2.72 bits per heavy atom. The quantitative estimate of drug-likeness (QED) is 0.682. The normalized spacial score (nSPS) is 10.9. The van der Waals surface area contributed by atoms with Gasteiger partial charge >= 0.3 is 0 Å². The van der Waals surface area contributed by atoms with Crippen LogP contribution in [0.5, 0.6) is 0 Å². The fourth-order valence-electron chi connectivity index (χ4n) is 1.59. The number of fused-ring (bicyclic) bond motifs is 1. The highest BCUT2D eigenvalue weighted by Gasteiger charge is 2.16. The molecule has 1 aromatic heterocycles. The number of aromatic nitrogens is 2. The van der Waals surface area contributed by atoms with Crippen LogP contribution in [0, 0.1) is 10.1 Å². The first-order valence-corrected chi connectivity index (χ1v) is 5.72. The molecule has 0 bridgehead atoms. The second kappa shape index (κ2) is 4.73. The minimum atomic E-state index is -0.520. The molecule has 1 aromatic carbocycles. The van der Waals surface area contributed by atoms with Crippen molar-refractivity contribution in [3.8, 4) is 0 Å². The van der Waals surface area contributed by atoms with Gasteiger partial charge in [-0.3, -0.25) is 10.1 Å². The number of halogens is 1. The predicted molar refractivity (Wildman–Crippen MR) is 70.0 cm³/mol. The van der Waals surface area contributed by atoms with Crippen LogP contribution in [0.4, 0.5) is 11.5 Å². The van der Waals surface area contributed by atoms with E-state index in [1.54, 1.807) is 0 Å². The average molecular weight is 267 g/mol. The molecule has 18 heavy (non-hydrogen) atoms. The van der Waals surface area contributed by atoms with Crippen molar-refractivity contribution in [2.75, 3.05) is 5.32 Å². The fourth-order valence-corrected chi connectivity index (χ4v) is 1.82. The van der Waals surface area contributed by atoms with Crippen LogP contribution in [-0.4, -0.2) is 20.9 Å². The van der Waals surface area contributed by atoms with E-state index in [9.17, 15) is 10.1 Å². The van der Waals surface area contributed by atoms with Gasteiger partial charge < -0.3 is 5.32 Å². The summed E-state index contributed by atoms with van der Waals surface area (Å²) in [7, 11) is 0. The molecular formula is C11H11ClN4O2. The molecular weight excluding hydrogens is 256 g/mol. The molecule has 0 aliphatic carbocycles.